The van der Waals surface area contributed by atoms with Gasteiger partial charge < -0.3 is 4.52 Å². The topological polar surface area (TPSA) is 66.7 Å². The zero-order chi connectivity index (χ0) is 19.7. The number of benzene rings is 1. The molecule has 4 rings (SSSR count). The fraction of sp³-hybridized carbons (Fsp3) is 0.350. The number of aryl methyl sites for hydroxylation is 2. The van der Waals surface area contributed by atoms with Gasteiger partial charge in [0, 0.05) is 38.8 Å². The average Bonchev–Trinajstić information content (AvgIpc) is 3.36. The molecule has 148 valence electrons. The molecule has 1 aliphatic rings. The standard InChI is InChI=1S/C20H23N3O3S2/c1-15-5-6-16(2)20(12-15)28(24,25)23-9-7-22(8-10-23)14-17-13-18(26-21-17)19-4-3-11-27-19/h3-6,11-13H,7-10,14H2,1-2H3. The van der Waals surface area contributed by atoms with Crippen molar-refractivity contribution >= 4 is 21.4 Å². The molecule has 3 heterocycles. The van der Waals surface area contributed by atoms with Gasteiger partial charge in [0.05, 0.1) is 15.5 Å². The van der Waals surface area contributed by atoms with Crippen molar-refractivity contribution in [2.75, 3.05) is 26.2 Å². The number of rotatable bonds is 5. The lowest BCUT2D eigenvalue weighted by Crippen LogP contribution is -2.48. The first-order chi connectivity index (χ1) is 13.4. The summed E-state index contributed by atoms with van der Waals surface area (Å²) in [6.45, 7) is 6.72. The molecular formula is C20H23N3O3S2. The van der Waals surface area contributed by atoms with E-state index in [2.05, 4.69) is 10.1 Å². The van der Waals surface area contributed by atoms with Crippen LogP contribution in [0.4, 0.5) is 0 Å². The summed E-state index contributed by atoms with van der Waals surface area (Å²) in [4.78, 5) is 3.69. The van der Waals surface area contributed by atoms with Gasteiger partial charge >= 0.3 is 0 Å². The fourth-order valence-corrected chi connectivity index (χ4v) is 5.81. The maximum Gasteiger partial charge on any atom is 0.243 e. The minimum absolute atomic E-state index is 0.415. The molecule has 1 aliphatic heterocycles. The van der Waals surface area contributed by atoms with Crippen molar-refractivity contribution in [1.29, 1.82) is 0 Å². The van der Waals surface area contributed by atoms with E-state index in [9.17, 15) is 8.42 Å². The number of sulfonamides is 1. The van der Waals surface area contributed by atoms with Gasteiger partial charge in [0.15, 0.2) is 5.76 Å². The molecule has 0 unspecified atom stereocenters. The lowest BCUT2D eigenvalue weighted by molar-refractivity contribution is 0.178. The van der Waals surface area contributed by atoms with Crippen molar-refractivity contribution in [1.82, 2.24) is 14.4 Å². The van der Waals surface area contributed by atoms with E-state index in [0.29, 0.717) is 37.6 Å². The highest BCUT2D eigenvalue weighted by Crippen LogP contribution is 2.26. The second-order valence-electron chi connectivity index (χ2n) is 7.11. The molecular weight excluding hydrogens is 394 g/mol. The monoisotopic (exact) mass is 417 g/mol. The SMILES string of the molecule is Cc1ccc(C)c(S(=O)(=O)N2CCN(Cc3cc(-c4cccs4)on3)CC2)c1. The van der Waals surface area contributed by atoms with Crippen LogP contribution in [0.5, 0.6) is 0 Å². The number of aromatic nitrogens is 1. The molecule has 6 nitrogen and oxygen atoms in total. The lowest BCUT2D eigenvalue weighted by atomic mass is 10.2. The van der Waals surface area contributed by atoms with Crippen LogP contribution in [0.1, 0.15) is 16.8 Å². The Balaban J connectivity index is 1.40. The molecule has 0 N–H and O–H groups in total. The zero-order valence-corrected chi connectivity index (χ0v) is 17.6. The molecule has 1 aromatic carbocycles. The molecule has 0 atom stereocenters. The smallest absolute Gasteiger partial charge is 0.243 e. The Morgan fingerprint density at radius 2 is 1.89 bits per heavy atom. The zero-order valence-electron chi connectivity index (χ0n) is 16.0. The quantitative estimate of drug-likeness (QED) is 0.635. The molecule has 1 fully saturated rings. The van der Waals surface area contributed by atoms with Gasteiger partial charge in [0.2, 0.25) is 10.0 Å². The Bertz CT molecular complexity index is 1050. The molecule has 0 spiro atoms. The van der Waals surface area contributed by atoms with Crippen molar-refractivity contribution in [2.45, 2.75) is 25.3 Å². The first kappa shape index (κ1) is 19.3. The third-order valence-electron chi connectivity index (χ3n) is 5.00. The Labute approximate surface area is 169 Å². The molecule has 28 heavy (non-hydrogen) atoms. The van der Waals surface area contributed by atoms with Crippen LogP contribution in [-0.4, -0.2) is 49.0 Å². The van der Waals surface area contributed by atoms with Crippen LogP contribution in [0.25, 0.3) is 10.6 Å². The van der Waals surface area contributed by atoms with Crippen LogP contribution in [0, 0.1) is 13.8 Å². The molecule has 0 bridgehead atoms. The van der Waals surface area contributed by atoms with Gasteiger partial charge in [-0.25, -0.2) is 8.42 Å². The summed E-state index contributed by atoms with van der Waals surface area (Å²) >= 11 is 1.62. The summed E-state index contributed by atoms with van der Waals surface area (Å²) in [6.07, 6.45) is 0. The Hall–Kier alpha value is -2.00. The van der Waals surface area contributed by atoms with Crippen LogP contribution in [0.2, 0.25) is 0 Å². The average molecular weight is 418 g/mol. The van der Waals surface area contributed by atoms with E-state index in [4.69, 9.17) is 4.52 Å². The molecule has 3 aromatic rings. The van der Waals surface area contributed by atoms with E-state index < -0.39 is 10.0 Å². The van der Waals surface area contributed by atoms with E-state index in [1.807, 2.05) is 49.6 Å². The van der Waals surface area contributed by atoms with Gasteiger partial charge in [-0.15, -0.1) is 11.3 Å². The summed E-state index contributed by atoms with van der Waals surface area (Å²) < 4.78 is 33.1. The predicted octanol–water partition coefficient (Wildman–Crippen LogP) is 3.53. The van der Waals surface area contributed by atoms with Crippen LogP contribution >= 0.6 is 11.3 Å². The summed E-state index contributed by atoms with van der Waals surface area (Å²) in [5.41, 5.74) is 2.61. The van der Waals surface area contributed by atoms with Gasteiger partial charge in [-0.2, -0.15) is 4.31 Å². The Morgan fingerprint density at radius 3 is 2.61 bits per heavy atom. The van der Waals surface area contributed by atoms with Crippen LogP contribution in [-0.2, 0) is 16.6 Å². The second-order valence-corrected chi connectivity index (χ2v) is 9.96. The summed E-state index contributed by atoms with van der Waals surface area (Å²) in [6, 6.07) is 11.5. The van der Waals surface area contributed by atoms with Crippen molar-refractivity contribution < 1.29 is 12.9 Å². The number of nitrogens with zero attached hydrogens (tertiary/aromatic N) is 3. The molecule has 0 radical (unpaired) electrons. The Kier molecular flexibility index (Phi) is 5.37. The molecule has 0 saturated carbocycles. The van der Waals surface area contributed by atoms with E-state index >= 15 is 0 Å². The molecule has 0 amide bonds. The van der Waals surface area contributed by atoms with Crippen molar-refractivity contribution in [3.8, 4) is 10.6 Å². The Morgan fingerprint density at radius 1 is 1.11 bits per heavy atom. The molecule has 2 aromatic heterocycles. The number of piperazine rings is 1. The van der Waals surface area contributed by atoms with Crippen LogP contribution in [0.3, 0.4) is 0 Å². The lowest BCUT2D eigenvalue weighted by Gasteiger charge is -2.33. The van der Waals surface area contributed by atoms with E-state index in [1.54, 1.807) is 21.7 Å². The maximum absolute atomic E-state index is 13.0. The van der Waals surface area contributed by atoms with Gasteiger partial charge in [-0.1, -0.05) is 23.4 Å². The molecule has 1 saturated heterocycles. The number of thiophene rings is 1. The first-order valence-corrected chi connectivity index (χ1v) is 11.5. The summed E-state index contributed by atoms with van der Waals surface area (Å²) in [5, 5.41) is 6.17. The second kappa shape index (κ2) is 7.79. The van der Waals surface area contributed by atoms with Crippen LogP contribution in [0.15, 0.2) is 51.2 Å². The molecule has 8 heteroatoms. The predicted molar refractivity (Wildman–Crippen MR) is 110 cm³/mol. The number of hydrogen-bond acceptors (Lipinski definition) is 6. The minimum atomic E-state index is -3.46. The van der Waals surface area contributed by atoms with Gasteiger partial charge in [-0.3, -0.25) is 4.90 Å². The minimum Gasteiger partial charge on any atom is -0.355 e. The normalized spacial score (nSPS) is 16.5. The summed E-state index contributed by atoms with van der Waals surface area (Å²) in [7, 11) is -3.46. The highest BCUT2D eigenvalue weighted by atomic mass is 32.2. The highest BCUT2D eigenvalue weighted by molar-refractivity contribution is 7.89. The highest BCUT2D eigenvalue weighted by Gasteiger charge is 2.30. The van der Waals surface area contributed by atoms with E-state index in [1.165, 1.54) is 0 Å². The van der Waals surface area contributed by atoms with Gasteiger partial charge in [-0.05, 0) is 42.5 Å². The van der Waals surface area contributed by atoms with Crippen molar-refractivity contribution in [3.63, 3.8) is 0 Å². The van der Waals surface area contributed by atoms with E-state index in [0.717, 1.165) is 27.5 Å². The third kappa shape index (κ3) is 3.91. The van der Waals surface area contributed by atoms with Crippen molar-refractivity contribution in [3.05, 3.63) is 58.6 Å². The van der Waals surface area contributed by atoms with Gasteiger partial charge in [0.25, 0.3) is 0 Å². The first-order valence-electron chi connectivity index (χ1n) is 9.23. The van der Waals surface area contributed by atoms with Gasteiger partial charge in [0.1, 0.15) is 0 Å². The van der Waals surface area contributed by atoms with E-state index in [-0.39, 0.29) is 0 Å². The van der Waals surface area contributed by atoms with Crippen LogP contribution < -0.4 is 0 Å². The summed E-state index contributed by atoms with van der Waals surface area (Å²) in [5.74, 6) is 0.779. The third-order valence-corrected chi connectivity index (χ3v) is 7.93. The number of hydrogen-bond donors (Lipinski definition) is 0. The molecule has 0 aliphatic carbocycles. The maximum atomic E-state index is 13.0. The van der Waals surface area contributed by atoms with Crippen molar-refractivity contribution in [2.24, 2.45) is 0 Å². The fourth-order valence-electron chi connectivity index (χ4n) is 3.40. The largest absolute Gasteiger partial charge is 0.355 e.